The van der Waals surface area contributed by atoms with Crippen molar-refractivity contribution in [1.82, 2.24) is 0 Å². The highest BCUT2D eigenvalue weighted by molar-refractivity contribution is 7.47. The molecule has 0 saturated carbocycles. The average Bonchev–Trinajstić information content (AvgIpc) is 3.39. The first-order valence-electron chi connectivity index (χ1n) is 27.7. The molecule has 0 aromatic rings. The first kappa shape index (κ1) is 69.4. The molecule has 3 unspecified atom stereocenters. The molecule has 0 saturated heterocycles. The summed E-state index contributed by atoms with van der Waals surface area (Å²) >= 11 is 0. The number of rotatable bonds is 49. The van der Waals surface area contributed by atoms with Crippen molar-refractivity contribution in [2.24, 2.45) is 0 Å². The second-order valence-electron chi connectivity index (χ2n) is 17.6. The van der Waals surface area contributed by atoms with Crippen LogP contribution < -0.4 is 0 Å². The van der Waals surface area contributed by atoms with Crippen LogP contribution in [-0.2, 0) is 42.2 Å². The number of hydrogen-bond donors (Lipinski definition) is 2. The average molecular weight is 1050 g/mol. The lowest BCUT2D eigenvalue weighted by atomic mass is 10.1. The van der Waals surface area contributed by atoms with Crippen LogP contribution in [-0.4, -0.2) is 66.5 Å². The number of esters is 3. The molecule has 12 heteroatoms. The Morgan fingerprint density at radius 2 is 0.743 bits per heavy atom. The minimum absolute atomic E-state index is 0.0225. The van der Waals surface area contributed by atoms with Crippen molar-refractivity contribution in [2.45, 2.75) is 200 Å². The predicted octanol–water partition coefficient (Wildman–Crippen LogP) is 16.4. The summed E-state index contributed by atoms with van der Waals surface area (Å²) in [6, 6.07) is 0. The van der Waals surface area contributed by atoms with Crippen molar-refractivity contribution >= 4 is 25.7 Å². The molecule has 0 aliphatic heterocycles. The van der Waals surface area contributed by atoms with E-state index in [1.54, 1.807) is 6.08 Å². The Kier molecular flexibility index (Phi) is 51.2. The Balaban J connectivity index is 4.94. The van der Waals surface area contributed by atoms with Crippen molar-refractivity contribution in [1.29, 1.82) is 0 Å². The van der Waals surface area contributed by atoms with E-state index in [0.29, 0.717) is 19.3 Å². The number of phosphoric ester groups is 1. The lowest BCUT2D eigenvalue weighted by molar-refractivity contribution is -0.161. The molecule has 0 aromatic heterocycles. The Morgan fingerprint density at radius 3 is 1.16 bits per heavy atom. The summed E-state index contributed by atoms with van der Waals surface area (Å²) in [6.07, 6.45) is 69.8. The third-order valence-electron chi connectivity index (χ3n) is 10.7. The van der Waals surface area contributed by atoms with Crippen LogP contribution in [0.1, 0.15) is 188 Å². The maximum atomic E-state index is 12.9. The van der Waals surface area contributed by atoms with E-state index in [2.05, 4.69) is 148 Å². The molecular formula is C62H97O11P. The first-order valence-corrected chi connectivity index (χ1v) is 29.2. The van der Waals surface area contributed by atoms with Crippen molar-refractivity contribution in [3.8, 4) is 0 Å². The summed E-state index contributed by atoms with van der Waals surface area (Å²) < 4.78 is 39.3. The molecule has 0 aliphatic rings. The number of carbonyl (C=O) groups excluding carboxylic acids is 3. The SMILES string of the molecule is CC/C=C\C/C=C\C/C=C\C/C=C\C/C=C\CCCCCC(=O)OC(COC(=O)C/C=C\C/C=C\C/C=C\C/C=C\C/C=C\CC)COP(=O)(O)OCC(CO)OC(=O)CCCCCCC/C=C\C/C=C\CCC. The molecule has 0 radical (unpaired) electrons. The fourth-order valence-corrected chi connectivity index (χ4v) is 7.39. The largest absolute Gasteiger partial charge is 0.472 e. The van der Waals surface area contributed by atoms with E-state index in [9.17, 15) is 28.9 Å². The van der Waals surface area contributed by atoms with E-state index in [-0.39, 0.29) is 19.3 Å². The predicted molar refractivity (Wildman–Crippen MR) is 306 cm³/mol. The van der Waals surface area contributed by atoms with Crippen LogP contribution in [0, 0.1) is 0 Å². The second kappa shape index (κ2) is 54.6. The molecular weight excluding hydrogens is 952 g/mol. The van der Waals surface area contributed by atoms with Gasteiger partial charge in [-0.1, -0.05) is 199 Å². The zero-order valence-electron chi connectivity index (χ0n) is 45.7. The summed E-state index contributed by atoms with van der Waals surface area (Å²) in [7, 11) is -4.79. The highest BCUT2D eigenvalue weighted by Gasteiger charge is 2.28. The standard InChI is InChI=1S/C62H97O11P/c1-4-7-10-13-16-19-22-25-27-28-29-30-32-35-38-41-44-47-50-53-62(66)73-59(55-69-60(64)51-48-45-42-39-36-34-31-26-23-20-17-14-11-8-5-2)57-71-74(67,68)70-56-58(54-63)72-61(65)52-49-46-43-40-37-33-24-21-18-15-12-9-6-3/h7-8,10-12,15-17,19-21,24-27,29-31,35-36,38-39,45,48,58-59,63H,4-6,9,13-14,18,22-23,28,32-34,37,40-44,46-47,49-57H2,1-3H3,(H,67,68)/b10-7-,11-8-,15-12-,19-16-,20-17-,24-21-,27-25-,30-29-,31-26-,38-35-,39-36-,48-45-. The van der Waals surface area contributed by atoms with Gasteiger partial charge in [0.2, 0.25) is 0 Å². The van der Waals surface area contributed by atoms with Gasteiger partial charge in [-0.3, -0.25) is 23.4 Å². The van der Waals surface area contributed by atoms with Crippen molar-refractivity contribution in [2.75, 3.05) is 26.4 Å². The van der Waals surface area contributed by atoms with Crippen LogP contribution >= 0.6 is 7.82 Å². The molecule has 0 heterocycles. The maximum Gasteiger partial charge on any atom is 0.472 e. The van der Waals surface area contributed by atoms with Gasteiger partial charge in [0, 0.05) is 12.8 Å². The zero-order valence-corrected chi connectivity index (χ0v) is 46.6. The smallest absolute Gasteiger partial charge is 0.461 e. The van der Waals surface area contributed by atoms with Gasteiger partial charge < -0.3 is 24.2 Å². The van der Waals surface area contributed by atoms with Gasteiger partial charge in [0.25, 0.3) is 0 Å². The molecule has 11 nitrogen and oxygen atoms in total. The number of aliphatic hydroxyl groups excluding tert-OH is 1. The second-order valence-corrected chi connectivity index (χ2v) is 19.1. The van der Waals surface area contributed by atoms with Crippen LogP contribution in [0.3, 0.4) is 0 Å². The monoisotopic (exact) mass is 1050 g/mol. The number of hydrogen-bond acceptors (Lipinski definition) is 10. The quantitative estimate of drug-likeness (QED) is 0.0197. The number of aliphatic hydroxyl groups is 1. The molecule has 74 heavy (non-hydrogen) atoms. The molecule has 0 rings (SSSR count). The summed E-state index contributed by atoms with van der Waals surface area (Å²) in [6.45, 7) is 4.15. The highest BCUT2D eigenvalue weighted by atomic mass is 31.2. The summed E-state index contributed by atoms with van der Waals surface area (Å²) in [5.74, 6) is -1.69. The van der Waals surface area contributed by atoms with E-state index >= 15 is 0 Å². The Morgan fingerprint density at radius 1 is 0.405 bits per heavy atom. The number of unbranched alkanes of at least 4 members (excludes halogenated alkanes) is 9. The first-order chi connectivity index (χ1) is 36.2. The number of phosphoric acid groups is 1. The lowest BCUT2D eigenvalue weighted by Crippen LogP contribution is -2.30. The molecule has 0 amide bonds. The van der Waals surface area contributed by atoms with Crippen LogP contribution in [0.5, 0.6) is 0 Å². The van der Waals surface area contributed by atoms with Gasteiger partial charge in [0.1, 0.15) is 12.7 Å². The molecule has 0 bridgehead atoms. The highest BCUT2D eigenvalue weighted by Crippen LogP contribution is 2.43. The summed E-state index contributed by atoms with van der Waals surface area (Å²) in [5, 5.41) is 9.79. The minimum atomic E-state index is -4.79. The number of carbonyl (C=O) groups is 3. The van der Waals surface area contributed by atoms with Crippen LogP contribution in [0.2, 0.25) is 0 Å². The third-order valence-corrected chi connectivity index (χ3v) is 11.7. The van der Waals surface area contributed by atoms with Gasteiger partial charge in [0.15, 0.2) is 6.10 Å². The molecule has 3 atom stereocenters. The Bertz CT molecular complexity index is 1800. The summed E-state index contributed by atoms with van der Waals surface area (Å²) in [5.41, 5.74) is 0. The van der Waals surface area contributed by atoms with Gasteiger partial charge in [0.05, 0.1) is 26.2 Å². The topological polar surface area (TPSA) is 155 Å². The minimum Gasteiger partial charge on any atom is -0.461 e. The van der Waals surface area contributed by atoms with Gasteiger partial charge in [-0.15, -0.1) is 0 Å². The van der Waals surface area contributed by atoms with Gasteiger partial charge >= 0.3 is 25.7 Å². The van der Waals surface area contributed by atoms with E-state index in [1.165, 1.54) is 0 Å². The Hall–Kier alpha value is -4.64. The molecule has 0 aliphatic carbocycles. The van der Waals surface area contributed by atoms with Gasteiger partial charge in [-0.2, -0.15) is 0 Å². The zero-order chi connectivity index (χ0) is 54.1. The fraction of sp³-hybridized carbons (Fsp3) is 0.565. The van der Waals surface area contributed by atoms with E-state index in [0.717, 1.165) is 128 Å². The molecule has 416 valence electrons. The van der Waals surface area contributed by atoms with Crippen LogP contribution in [0.25, 0.3) is 0 Å². The van der Waals surface area contributed by atoms with Crippen molar-refractivity contribution in [3.63, 3.8) is 0 Å². The fourth-order valence-electron chi connectivity index (χ4n) is 6.61. The van der Waals surface area contributed by atoms with Crippen LogP contribution in [0.4, 0.5) is 0 Å². The molecule has 0 aromatic carbocycles. The van der Waals surface area contributed by atoms with Crippen molar-refractivity contribution in [3.05, 3.63) is 146 Å². The van der Waals surface area contributed by atoms with E-state index < -0.39 is 64.4 Å². The Labute approximate surface area is 448 Å². The van der Waals surface area contributed by atoms with E-state index in [4.69, 9.17) is 23.3 Å². The molecule has 0 spiro atoms. The molecule has 0 fully saturated rings. The van der Waals surface area contributed by atoms with Gasteiger partial charge in [-0.05, 0) is 116 Å². The molecule has 2 N–H and O–H groups in total. The maximum absolute atomic E-state index is 12.9. The van der Waals surface area contributed by atoms with Crippen molar-refractivity contribution < 1.29 is 52.2 Å². The lowest BCUT2D eigenvalue weighted by Gasteiger charge is -2.21. The number of ether oxygens (including phenoxy) is 3. The van der Waals surface area contributed by atoms with Gasteiger partial charge in [-0.25, -0.2) is 4.57 Å². The summed E-state index contributed by atoms with van der Waals surface area (Å²) in [4.78, 5) is 48.4. The third kappa shape index (κ3) is 52.2. The van der Waals surface area contributed by atoms with Crippen LogP contribution in [0.15, 0.2) is 146 Å². The number of allylic oxidation sites excluding steroid dienone is 23. The van der Waals surface area contributed by atoms with E-state index in [1.807, 2.05) is 12.2 Å². The normalized spacial score (nSPS) is 14.5.